The molecule has 2 aromatic heterocycles. The molecule has 0 atom stereocenters. The van der Waals surface area contributed by atoms with Crippen molar-refractivity contribution in [1.82, 2.24) is 19.5 Å². The Hall–Kier alpha value is -2.09. The predicted molar refractivity (Wildman–Crippen MR) is 56.4 cm³/mol. The summed E-state index contributed by atoms with van der Waals surface area (Å²) in [6.45, 7) is 0.280. The smallest absolute Gasteiger partial charge is 0.352 e. The fourth-order valence-electron chi connectivity index (χ4n) is 1.33. The summed E-state index contributed by atoms with van der Waals surface area (Å²) in [4.78, 5) is 21.5. The van der Waals surface area contributed by atoms with Crippen LogP contribution in [0.3, 0.4) is 0 Å². The quantitative estimate of drug-likeness (QED) is 0.519. The van der Waals surface area contributed by atoms with Crippen molar-refractivity contribution in [1.29, 1.82) is 0 Å². The average molecular weight is 225 g/mol. The van der Waals surface area contributed by atoms with Gasteiger partial charge in [-0.05, 0) is 0 Å². The van der Waals surface area contributed by atoms with Gasteiger partial charge in [0, 0.05) is 13.6 Å². The molecule has 86 valence electrons. The van der Waals surface area contributed by atoms with Crippen molar-refractivity contribution in [2.75, 3.05) is 18.5 Å². The van der Waals surface area contributed by atoms with Crippen molar-refractivity contribution in [3.05, 3.63) is 10.5 Å². The number of H-pyrrole nitrogens is 1. The molecule has 0 spiro atoms. The standard InChI is InChI=1S/C8H11N5O3/c1-13-5-4(6(15)12-8(13)16)10-7(11-5)9-2-3-14/h14H,2-3H2,1H3,(H2,9,10,11)(H,12,15,16). The largest absolute Gasteiger partial charge is 0.492 e. The van der Waals surface area contributed by atoms with Crippen molar-refractivity contribution in [2.45, 2.75) is 0 Å². The number of hydrogen-bond acceptors (Lipinski definition) is 6. The Morgan fingerprint density at radius 2 is 2.25 bits per heavy atom. The molecule has 2 heterocycles. The molecular weight excluding hydrogens is 214 g/mol. The number of aromatic hydroxyl groups is 1. The van der Waals surface area contributed by atoms with E-state index in [4.69, 9.17) is 5.11 Å². The lowest BCUT2D eigenvalue weighted by molar-refractivity contribution is 0.311. The Labute approximate surface area is 89.6 Å². The minimum absolute atomic E-state index is 0.0415. The lowest BCUT2D eigenvalue weighted by Crippen LogP contribution is -2.19. The van der Waals surface area contributed by atoms with Gasteiger partial charge in [0.1, 0.15) is 5.52 Å². The van der Waals surface area contributed by atoms with E-state index >= 15 is 0 Å². The molecule has 4 N–H and O–H groups in total. The van der Waals surface area contributed by atoms with Crippen LogP contribution in [-0.2, 0) is 7.05 Å². The Kier molecular flexibility index (Phi) is 2.49. The van der Waals surface area contributed by atoms with E-state index in [9.17, 15) is 9.90 Å². The highest BCUT2D eigenvalue weighted by Crippen LogP contribution is 2.18. The van der Waals surface area contributed by atoms with Crippen molar-refractivity contribution in [2.24, 2.45) is 7.05 Å². The molecule has 2 aromatic rings. The minimum Gasteiger partial charge on any atom is -0.492 e. The normalized spacial score (nSPS) is 10.9. The topological polar surface area (TPSA) is 116 Å². The number of anilines is 1. The maximum absolute atomic E-state index is 11.3. The first kappa shape index (κ1) is 10.4. The van der Waals surface area contributed by atoms with E-state index in [2.05, 4.69) is 20.3 Å². The molecule has 0 aliphatic carbocycles. The fourth-order valence-corrected chi connectivity index (χ4v) is 1.33. The van der Waals surface area contributed by atoms with Gasteiger partial charge < -0.3 is 20.5 Å². The number of aromatic nitrogens is 4. The molecular formula is C8H11N5O3. The lowest BCUT2D eigenvalue weighted by atomic mass is 10.5. The van der Waals surface area contributed by atoms with Gasteiger partial charge in [0.25, 0.3) is 0 Å². The Balaban J connectivity index is 2.56. The SMILES string of the molecule is Cn1c(=O)nc(O)c2[nH]c(NCCO)nc21. The molecule has 8 heteroatoms. The van der Waals surface area contributed by atoms with Crippen LogP contribution in [0, 0.1) is 0 Å². The molecule has 16 heavy (non-hydrogen) atoms. The lowest BCUT2D eigenvalue weighted by Gasteiger charge is -1.97. The third kappa shape index (κ3) is 1.58. The van der Waals surface area contributed by atoms with E-state index < -0.39 is 5.69 Å². The fraction of sp³-hybridized carbons (Fsp3) is 0.375. The maximum atomic E-state index is 11.3. The average Bonchev–Trinajstić information content (AvgIpc) is 2.68. The van der Waals surface area contributed by atoms with Gasteiger partial charge >= 0.3 is 5.69 Å². The van der Waals surface area contributed by atoms with Crippen LogP contribution in [0.5, 0.6) is 5.88 Å². The summed E-state index contributed by atoms with van der Waals surface area (Å²) in [5.74, 6) is -0.0231. The monoisotopic (exact) mass is 225 g/mol. The van der Waals surface area contributed by atoms with Gasteiger partial charge in [0.2, 0.25) is 11.8 Å². The number of aliphatic hydroxyl groups is 1. The van der Waals surface area contributed by atoms with Crippen LogP contribution in [0.2, 0.25) is 0 Å². The van der Waals surface area contributed by atoms with Crippen LogP contribution in [0.4, 0.5) is 5.95 Å². The van der Waals surface area contributed by atoms with Crippen molar-refractivity contribution >= 4 is 17.1 Å². The summed E-state index contributed by atoms with van der Waals surface area (Å²) in [6.07, 6.45) is 0. The number of nitrogens with one attached hydrogen (secondary N) is 2. The summed E-state index contributed by atoms with van der Waals surface area (Å²) in [5.41, 5.74) is 0.00527. The van der Waals surface area contributed by atoms with Gasteiger partial charge in [-0.25, -0.2) is 4.79 Å². The van der Waals surface area contributed by atoms with Crippen LogP contribution in [0.1, 0.15) is 0 Å². The summed E-state index contributed by atoms with van der Waals surface area (Å²) in [6, 6.07) is 0. The summed E-state index contributed by atoms with van der Waals surface area (Å²) >= 11 is 0. The number of rotatable bonds is 3. The number of nitrogens with zero attached hydrogens (tertiary/aromatic N) is 3. The van der Waals surface area contributed by atoms with Crippen LogP contribution in [-0.4, -0.2) is 42.9 Å². The van der Waals surface area contributed by atoms with E-state index in [0.29, 0.717) is 18.1 Å². The molecule has 0 radical (unpaired) electrons. The third-order valence-electron chi connectivity index (χ3n) is 2.12. The highest BCUT2D eigenvalue weighted by atomic mass is 16.3. The molecule has 0 fully saturated rings. The van der Waals surface area contributed by atoms with E-state index in [1.54, 1.807) is 0 Å². The van der Waals surface area contributed by atoms with Crippen LogP contribution >= 0.6 is 0 Å². The molecule has 0 aliphatic heterocycles. The highest BCUT2D eigenvalue weighted by molar-refractivity contribution is 5.78. The van der Waals surface area contributed by atoms with Gasteiger partial charge in [-0.15, -0.1) is 0 Å². The first-order valence-electron chi connectivity index (χ1n) is 4.64. The molecule has 0 aromatic carbocycles. The Bertz CT molecular complexity index is 573. The number of hydrogen-bond donors (Lipinski definition) is 4. The highest BCUT2D eigenvalue weighted by Gasteiger charge is 2.12. The molecule has 0 aliphatic rings. The zero-order valence-corrected chi connectivity index (χ0v) is 8.56. The second-order valence-corrected chi connectivity index (χ2v) is 3.21. The zero-order valence-electron chi connectivity index (χ0n) is 8.56. The molecule has 0 saturated heterocycles. The van der Waals surface area contributed by atoms with E-state index in [1.807, 2.05) is 0 Å². The predicted octanol–water partition coefficient (Wildman–Crippen LogP) is -1.23. The van der Waals surface area contributed by atoms with Gasteiger partial charge in [0.15, 0.2) is 5.65 Å². The molecule has 0 unspecified atom stereocenters. The molecule has 0 bridgehead atoms. The van der Waals surface area contributed by atoms with Crippen LogP contribution in [0.15, 0.2) is 4.79 Å². The van der Waals surface area contributed by atoms with Gasteiger partial charge in [-0.2, -0.15) is 9.97 Å². The van der Waals surface area contributed by atoms with E-state index in [-0.39, 0.29) is 18.0 Å². The van der Waals surface area contributed by atoms with Gasteiger partial charge in [-0.1, -0.05) is 0 Å². The van der Waals surface area contributed by atoms with E-state index in [1.165, 1.54) is 11.6 Å². The second-order valence-electron chi connectivity index (χ2n) is 3.21. The molecule has 8 nitrogen and oxygen atoms in total. The summed E-state index contributed by atoms with van der Waals surface area (Å²) < 4.78 is 1.22. The Morgan fingerprint density at radius 1 is 1.50 bits per heavy atom. The molecule has 0 amide bonds. The zero-order chi connectivity index (χ0) is 11.7. The maximum Gasteiger partial charge on any atom is 0.352 e. The van der Waals surface area contributed by atoms with Crippen molar-refractivity contribution in [3.63, 3.8) is 0 Å². The first-order chi connectivity index (χ1) is 7.63. The number of aryl methyl sites for hydroxylation is 1. The van der Waals surface area contributed by atoms with Crippen LogP contribution in [0.25, 0.3) is 11.2 Å². The van der Waals surface area contributed by atoms with Crippen LogP contribution < -0.4 is 11.0 Å². The van der Waals surface area contributed by atoms with Crippen molar-refractivity contribution < 1.29 is 10.2 Å². The first-order valence-corrected chi connectivity index (χ1v) is 4.64. The number of aliphatic hydroxyl groups excluding tert-OH is 1. The second kappa shape index (κ2) is 3.81. The summed E-state index contributed by atoms with van der Waals surface area (Å²) in [5, 5.41) is 20.9. The number of aromatic amines is 1. The van der Waals surface area contributed by atoms with Gasteiger partial charge in [-0.3, -0.25) is 4.57 Å². The minimum atomic E-state index is -0.579. The third-order valence-corrected chi connectivity index (χ3v) is 2.12. The number of imidazole rings is 1. The van der Waals surface area contributed by atoms with E-state index in [0.717, 1.165) is 0 Å². The molecule has 2 rings (SSSR count). The number of fused-ring (bicyclic) bond motifs is 1. The Morgan fingerprint density at radius 3 is 2.94 bits per heavy atom. The molecule has 0 saturated carbocycles. The van der Waals surface area contributed by atoms with Gasteiger partial charge in [0.05, 0.1) is 6.61 Å². The van der Waals surface area contributed by atoms with Crippen molar-refractivity contribution in [3.8, 4) is 5.88 Å². The summed E-state index contributed by atoms with van der Waals surface area (Å²) in [7, 11) is 1.51.